The van der Waals surface area contributed by atoms with Crippen molar-refractivity contribution in [3.63, 3.8) is 0 Å². The van der Waals surface area contributed by atoms with Crippen molar-refractivity contribution in [2.45, 2.75) is 38.9 Å². The summed E-state index contributed by atoms with van der Waals surface area (Å²) in [4.78, 5) is 29.2. The second kappa shape index (κ2) is 10.9. The van der Waals surface area contributed by atoms with Crippen molar-refractivity contribution in [3.8, 4) is 11.5 Å². The zero-order valence-electron chi connectivity index (χ0n) is 21.9. The zero-order chi connectivity index (χ0) is 27.4. The van der Waals surface area contributed by atoms with Crippen LogP contribution in [0.1, 0.15) is 32.4 Å². The highest BCUT2D eigenvalue weighted by atomic mass is 19.1. The SMILES string of the molecule is COc1cc(OC)cc([C@@H](C(=O)NC(C)(C)C)N(C(=O)Cn2nnc3ccccc32)c2cccc(F)c2)c1. The molecule has 1 atom stereocenters. The molecule has 4 aromatic rings. The van der Waals surface area contributed by atoms with Crippen LogP contribution in [0.25, 0.3) is 11.0 Å². The minimum atomic E-state index is -1.19. The molecule has 4 rings (SSSR count). The van der Waals surface area contributed by atoms with E-state index in [1.165, 1.54) is 42.0 Å². The molecule has 0 saturated carbocycles. The second-order valence-electron chi connectivity index (χ2n) is 9.77. The van der Waals surface area contributed by atoms with Crippen LogP contribution in [-0.4, -0.2) is 46.6 Å². The average molecular weight is 520 g/mol. The van der Waals surface area contributed by atoms with Gasteiger partial charge in [-0.05, 0) is 68.8 Å². The molecule has 3 aromatic carbocycles. The number of benzene rings is 3. The predicted octanol–water partition coefficient (Wildman–Crippen LogP) is 4.28. The quantitative estimate of drug-likeness (QED) is 0.373. The van der Waals surface area contributed by atoms with Gasteiger partial charge in [0.15, 0.2) is 0 Å². The monoisotopic (exact) mass is 519 g/mol. The van der Waals surface area contributed by atoms with Gasteiger partial charge in [0.1, 0.15) is 35.4 Å². The Morgan fingerprint density at radius 2 is 1.68 bits per heavy atom. The molecule has 0 fully saturated rings. The van der Waals surface area contributed by atoms with E-state index in [1.54, 1.807) is 36.4 Å². The van der Waals surface area contributed by atoms with Crippen molar-refractivity contribution in [3.05, 3.63) is 78.1 Å². The predicted molar refractivity (Wildman–Crippen MR) is 142 cm³/mol. The van der Waals surface area contributed by atoms with Crippen LogP contribution in [0.15, 0.2) is 66.7 Å². The van der Waals surface area contributed by atoms with Crippen LogP contribution in [0.5, 0.6) is 11.5 Å². The number of ether oxygens (including phenoxy) is 2. The number of nitrogens with zero attached hydrogens (tertiary/aromatic N) is 4. The maximum absolute atomic E-state index is 14.4. The Morgan fingerprint density at radius 1 is 1.00 bits per heavy atom. The Balaban J connectivity index is 1.88. The van der Waals surface area contributed by atoms with E-state index in [9.17, 15) is 14.0 Å². The number of hydrogen-bond acceptors (Lipinski definition) is 6. The number of hydrogen-bond donors (Lipinski definition) is 1. The largest absolute Gasteiger partial charge is 0.497 e. The highest BCUT2D eigenvalue weighted by molar-refractivity contribution is 6.01. The lowest BCUT2D eigenvalue weighted by atomic mass is 10.00. The molecular formula is C28H30FN5O4. The van der Waals surface area contributed by atoms with Crippen LogP contribution in [0.3, 0.4) is 0 Å². The molecule has 38 heavy (non-hydrogen) atoms. The molecule has 0 spiro atoms. The van der Waals surface area contributed by atoms with E-state index in [-0.39, 0.29) is 12.2 Å². The van der Waals surface area contributed by atoms with Gasteiger partial charge >= 0.3 is 0 Å². The molecule has 10 heteroatoms. The molecule has 0 saturated heterocycles. The summed E-state index contributed by atoms with van der Waals surface area (Å²) in [5, 5.41) is 11.2. The summed E-state index contributed by atoms with van der Waals surface area (Å²) in [6.45, 7) is 5.27. The summed E-state index contributed by atoms with van der Waals surface area (Å²) in [6, 6.07) is 16.6. The highest BCUT2D eigenvalue weighted by Gasteiger charge is 2.35. The van der Waals surface area contributed by atoms with Crippen molar-refractivity contribution in [1.29, 1.82) is 0 Å². The van der Waals surface area contributed by atoms with Crippen molar-refractivity contribution < 1.29 is 23.5 Å². The first-order chi connectivity index (χ1) is 18.1. The van der Waals surface area contributed by atoms with Crippen LogP contribution in [-0.2, 0) is 16.1 Å². The van der Waals surface area contributed by atoms with E-state index in [2.05, 4.69) is 15.6 Å². The summed E-state index contributed by atoms with van der Waals surface area (Å²) < 4.78 is 26.8. The molecule has 9 nitrogen and oxygen atoms in total. The third-order valence-electron chi connectivity index (χ3n) is 5.75. The summed E-state index contributed by atoms with van der Waals surface area (Å²) >= 11 is 0. The van der Waals surface area contributed by atoms with Gasteiger partial charge in [0.05, 0.1) is 19.7 Å². The van der Waals surface area contributed by atoms with Crippen LogP contribution < -0.4 is 19.7 Å². The maximum atomic E-state index is 14.4. The first kappa shape index (κ1) is 26.6. The lowest BCUT2D eigenvalue weighted by Crippen LogP contribution is -2.50. The summed E-state index contributed by atoms with van der Waals surface area (Å²) in [5.41, 5.74) is 1.28. The number of fused-ring (bicyclic) bond motifs is 1. The molecular weight excluding hydrogens is 489 g/mol. The van der Waals surface area contributed by atoms with E-state index in [0.717, 1.165) is 0 Å². The number of amides is 2. The molecule has 2 amide bonds. The highest BCUT2D eigenvalue weighted by Crippen LogP contribution is 2.34. The van der Waals surface area contributed by atoms with Crippen molar-refractivity contribution >= 4 is 28.5 Å². The zero-order valence-corrected chi connectivity index (χ0v) is 21.9. The van der Waals surface area contributed by atoms with Gasteiger partial charge in [-0.15, -0.1) is 5.10 Å². The second-order valence-corrected chi connectivity index (χ2v) is 9.77. The van der Waals surface area contributed by atoms with Gasteiger partial charge in [0.2, 0.25) is 11.8 Å². The molecule has 198 valence electrons. The molecule has 1 aromatic heterocycles. The smallest absolute Gasteiger partial charge is 0.249 e. The number of nitrogens with one attached hydrogen (secondary N) is 1. The van der Waals surface area contributed by atoms with E-state index in [4.69, 9.17) is 9.47 Å². The fourth-order valence-corrected chi connectivity index (χ4v) is 4.14. The standard InChI is InChI=1S/C28H30FN5O4/c1-28(2,3)30-27(36)26(18-13-21(37-4)16-22(14-18)38-5)34(20-10-8-9-19(29)15-20)25(35)17-33-24-12-7-6-11-23(24)31-32-33/h6-16,26H,17H2,1-5H3,(H,30,36)/t26-/m0/s1. The van der Waals surface area contributed by atoms with Gasteiger partial charge in [-0.25, -0.2) is 9.07 Å². The third kappa shape index (κ3) is 5.91. The van der Waals surface area contributed by atoms with Gasteiger partial charge < -0.3 is 14.8 Å². The van der Waals surface area contributed by atoms with Crippen LogP contribution >= 0.6 is 0 Å². The van der Waals surface area contributed by atoms with E-state index >= 15 is 0 Å². The van der Waals surface area contributed by atoms with Gasteiger partial charge in [-0.2, -0.15) is 0 Å². The Morgan fingerprint density at radius 3 is 2.32 bits per heavy atom. The minimum absolute atomic E-state index is 0.204. The maximum Gasteiger partial charge on any atom is 0.249 e. The Kier molecular flexibility index (Phi) is 7.61. The van der Waals surface area contributed by atoms with E-state index in [1.807, 2.05) is 32.9 Å². The minimum Gasteiger partial charge on any atom is -0.497 e. The number of para-hydroxylation sites is 1. The average Bonchev–Trinajstić information content (AvgIpc) is 3.28. The van der Waals surface area contributed by atoms with E-state index in [0.29, 0.717) is 28.1 Å². The number of methoxy groups -OCH3 is 2. The number of carbonyl (C=O) groups is 2. The number of aromatic nitrogens is 3. The first-order valence-electron chi connectivity index (χ1n) is 12.0. The molecule has 0 radical (unpaired) electrons. The van der Waals surface area contributed by atoms with Crippen molar-refractivity contribution in [2.75, 3.05) is 19.1 Å². The fraction of sp³-hybridized carbons (Fsp3) is 0.286. The summed E-state index contributed by atoms with van der Waals surface area (Å²) in [6.07, 6.45) is 0. The number of carbonyl (C=O) groups excluding carboxylic acids is 2. The van der Waals surface area contributed by atoms with Crippen molar-refractivity contribution in [1.82, 2.24) is 20.3 Å². The van der Waals surface area contributed by atoms with Crippen LogP contribution in [0, 0.1) is 5.82 Å². The number of halogens is 1. The Labute approximate surface area is 220 Å². The number of anilines is 1. The molecule has 0 aliphatic heterocycles. The molecule has 1 heterocycles. The lowest BCUT2D eigenvalue weighted by molar-refractivity contribution is -0.128. The van der Waals surface area contributed by atoms with Gasteiger partial charge in [-0.1, -0.05) is 23.4 Å². The van der Waals surface area contributed by atoms with Crippen LogP contribution in [0.2, 0.25) is 0 Å². The fourth-order valence-electron chi connectivity index (χ4n) is 4.14. The Bertz CT molecular complexity index is 1440. The summed E-state index contributed by atoms with van der Waals surface area (Å²) in [7, 11) is 2.99. The van der Waals surface area contributed by atoms with Gasteiger partial charge in [0.25, 0.3) is 0 Å². The molecule has 0 unspecified atom stereocenters. The third-order valence-corrected chi connectivity index (χ3v) is 5.75. The number of rotatable bonds is 8. The summed E-state index contributed by atoms with van der Waals surface area (Å²) in [5.74, 6) is -0.649. The molecule has 0 aliphatic carbocycles. The topological polar surface area (TPSA) is 98.6 Å². The first-order valence-corrected chi connectivity index (χ1v) is 12.0. The van der Waals surface area contributed by atoms with E-state index < -0.39 is 29.2 Å². The molecule has 0 aliphatic rings. The van der Waals surface area contributed by atoms with Gasteiger partial charge in [-0.3, -0.25) is 14.5 Å². The van der Waals surface area contributed by atoms with Crippen LogP contribution in [0.4, 0.5) is 10.1 Å². The molecule has 1 N–H and O–H groups in total. The normalized spacial score (nSPS) is 12.2. The van der Waals surface area contributed by atoms with Gasteiger partial charge in [0, 0.05) is 17.3 Å². The molecule has 0 bridgehead atoms. The lowest BCUT2D eigenvalue weighted by Gasteiger charge is -2.34. The van der Waals surface area contributed by atoms with Crippen molar-refractivity contribution in [2.24, 2.45) is 0 Å². The Hall–Kier alpha value is -4.47.